The zero-order chi connectivity index (χ0) is 19.1. The maximum Gasteiger partial charge on any atom is 0.266 e. The first-order chi connectivity index (χ1) is 12.9. The summed E-state index contributed by atoms with van der Waals surface area (Å²) in [6, 6.07) is 5.92. The summed E-state index contributed by atoms with van der Waals surface area (Å²) in [5, 5.41) is 7.84. The fourth-order valence-corrected chi connectivity index (χ4v) is 4.34. The second kappa shape index (κ2) is 6.81. The number of carbonyl (C=O) groups excluding carboxylic acids is 1. The number of aromatic nitrogens is 3. The number of ether oxygens (including phenoxy) is 1. The molecule has 140 valence electrons. The van der Waals surface area contributed by atoms with Crippen molar-refractivity contribution >= 4 is 22.4 Å². The lowest BCUT2D eigenvalue weighted by atomic mass is 10.0. The summed E-state index contributed by atoms with van der Waals surface area (Å²) in [5.74, 6) is 0.522. The molecular weight excluding hydrogens is 360 g/mol. The lowest BCUT2D eigenvalue weighted by Crippen LogP contribution is -2.30. The van der Waals surface area contributed by atoms with Crippen molar-refractivity contribution in [3.05, 3.63) is 46.1 Å². The molecule has 0 unspecified atom stereocenters. The normalized spacial score (nSPS) is 13.6. The maximum absolute atomic E-state index is 12.6. The van der Waals surface area contributed by atoms with E-state index in [0.717, 1.165) is 35.4 Å². The third kappa shape index (κ3) is 3.35. The summed E-state index contributed by atoms with van der Waals surface area (Å²) in [5.41, 5.74) is 5.38. The molecule has 6 nitrogen and oxygen atoms in total. The fourth-order valence-electron chi connectivity index (χ4n) is 3.36. The Kier molecular flexibility index (Phi) is 4.47. The van der Waals surface area contributed by atoms with Gasteiger partial charge >= 0.3 is 0 Å². The summed E-state index contributed by atoms with van der Waals surface area (Å²) >= 11 is 1.53. The molecular formula is C20H22N4O2S. The molecule has 3 aromatic rings. The molecule has 1 N–H and O–H groups in total. The molecule has 0 spiro atoms. The lowest BCUT2D eigenvalue weighted by Gasteiger charge is -2.15. The summed E-state index contributed by atoms with van der Waals surface area (Å²) in [7, 11) is 1.95. The van der Waals surface area contributed by atoms with Crippen molar-refractivity contribution in [2.75, 3.05) is 5.32 Å². The first-order valence-electron chi connectivity index (χ1n) is 8.98. The van der Waals surface area contributed by atoms with Gasteiger partial charge in [-0.25, -0.2) is 4.98 Å². The van der Waals surface area contributed by atoms with Gasteiger partial charge in [0.1, 0.15) is 5.75 Å². The monoisotopic (exact) mass is 382 g/mol. The number of anilines is 1. The molecule has 1 atom stereocenters. The molecule has 2 heterocycles. The number of nitrogens with zero attached hydrogens (tertiary/aromatic N) is 3. The van der Waals surface area contributed by atoms with E-state index in [1.165, 1.54) is 27.5 Å². The fraction of sp³-hybridized carbons (Fsp3) is 0.350. The molecule has 7 heteroatoms. The van der Waals surface area contributed by atoms with Gasteiger partial charge in [-0.3, -0.25) is 14.8 Å². The molecule has 0 aliphatic heterocycles. The molecule has 1 aliphatic carbocycles. The molecule has 0 saturated heterocycles. The van der Waals surface area contributed by atoms with Crippen molar-refractivity contribution < 1.29 is 9.53 Å². The van der Waals surface area contributed by atoms with Crippen LogP contribution in [0.15, 0.2) is 24.4 Å². The van der Waals surface area contributed by atoms with Crippen LogP contribution in [0.2, 0.25) is 0 Å². The Balaban J connectivity index is 1.48. The summed E-state index contributed by atoms with van der Waals surface area (Å²) < 4.78 is 7.75. The van der Waals surface area contributed by atoms with Gasteiger partial charge in [0.15, 0.2) is 11.2 Å². The van der Waals surface area contributed by atoms with Gasteiger partial charge in [-0.15, -0.1) is 11.3 Å². The molecule has 0 saturated carbocycles. The number of aryl methyl sites for hydroxylation is 4. The Labute approximate surface area is 162 Å². The SMILES string of the molecule is Cc1ccc(O[C@H](C)C(=O)Nc2nc3c(s2)CCc2c-3cnn2C)c(C)c1. The number of hydrogen-bond acceptors (Lipinski definition) is 5. The molecule has 0 radical (unpaired) electrons. The Hall–Kier alpha value is -2.67. The van der Waals surface area contributed by atoms with Gasteiger partial charge < -0.3 is 4.74 Å². The van der Waals surface area contributed by atoms with E-state index in [-0.39, 0.29) is 5.91 Å². The van der Waals surface area contributed by atoms with E-state index in [1.54, 1.807) is 6.92 Å². The third-order valence-electron chi connectivity index (χ3n) is 4.84. The van der Waals surface area contributed by atoms with Crippen molar-refractivity contribution in [2.45, 2.75) is 39.7 Å². The van der Waals surface area contributed by atoms with Gasteiger partial charge in [0.25, 0.3) is 5.91 Å². The van der Waals surface area contributed by atoms with E-state index in [1.807, 2.05) is 50.0 Å². The van der Waals surface area contributed by atoms with Gasteiger partial charge in [-0.05, 0) is 45.2 Å². The van der Waals surface area contributed by atoms with Gasteiger partial charge in [-0.2, -0.15) is 5.10 Å². The highest BCUT2D eigenvalue weighted by Gasteiger charge is 2.25. The maximum atomic E-state index is 12.6. The average Bonchev–Trinajstić information content (AvgIpc) is 3.20. The molecule has 0 fully saturated rings. The molecule has 0 bridgehead atoms. The summed E-state index contributed by atoms with van der Waals surface area (Å²) in [4.78, 5) is 18.4. The molecule has 1 amide bonds. The summed E-state index contributed by atoms with van der Waals surface area (Å²) in [6.07, 6.45) is 3.11. The van der Waals surface area contributed by atoms with Crippen molar-refractivity contribution in [3.63, 3.8) is 0 Å². The van der Waals surface area contributed by atoms with Crippen LogP contribution in [0.25, 0.3) is 11.3 Å². The Morgan fingerprint density at radius 1 is 1.33 bits per heavy atom. The zero-order valence-corrected chi connectivity index (χ0v) is 16.7. The minimum atomic E-state index is -0.610. The van der Waals surface area contributed by atoms with Gasteiger partial charge in [0.2, 0.25) is 0 Å². The number of amides is 1. The predicted octanol–water partition coefficient (Wildman–Crippen LogP) is 3.67. The zero-order valence-electron chi connectivity index (χ0n) is 15.9. The van der Waals surface area contributed by atoms with Crippen LogP contribution in [0, 0.1) is 13.8 Å². The molecule has 2 aromatic heterocycles. The highest BCUT2D eigenvalue weighted by atomic mass is 32.1. The Morgan fingerprint density at radius 3 is 2.93 bits per heavy atom. The number of rotatable bonds is 4. The minimum Gasteiger partial charge on any atom is -0.481 e. The van der Waals surface area contributed by atoms with Crippen LogP contribution in [0.1, 0.15) is 28.6 Å². The molecule has 1 aromatic carbocycles. The second-order valence-electron chi connectivity index (χ2n) is 6.94. The van der Waals surface area contributed by atoms with Crippen molar-refractivity contribution in [2.24, 2.45) is 7.05 Å². The molecule has 27 heavy (non-hydrogen) atoms. The van der Waals surface area contributed by atoms with Crippen LogP contribution < -0.4 is 10.1 Å². The van der Waals surface area contributed by atoms with Gasteiger partial charge in [0, 0.05) is 23.2 Å². The minimum absolute atomic E-state index is 0.201. The van der Waals surface area contributed by atoms with E-state index in [4.69, 9.17) is 4.74 Å². The van der Waals surface area contributed by atoms with Crippen LogP contribution >= 0.6 is 11.3 Å². The van der Waals surface area contributed by atoms with E-state index in [9.17, 15) is 4.79 Å². The number of nitrogens with one attached hydrogen (secondary N) is 1. The summed E-state index contributed by atoms with van der Waals surface area (Å²) in [6.45, 7) is 5.76. The lowest BCUT2D eigenvalue weighted by molar-refractivity contribution is -0.122. The van der Waals surface area contributed by atoms with Crippen molar-refractivity contribution in [1.82, 2.24) is 14.8 Å². The first-order valence-corrected chi connectivity index (χ1v) is 9.79. The number of thiazole rings is 1. The highest BCUT2D eigenvalue weighted by Crippen LogP contribution is 2.37. The third-order valence-corrected chi connectivity index (χ3v) is 5.87. The first kappa shape index (κ1) is 17.7. The number of carbonyl (C=O) groups is 1. The van der Waals surface area contributed by atoms with Crippen LogP contribution in [-0.4, -0.2) is 26.8 Å². The van der Waals surface area contributed by atoms with Crippen molar-refractivity contribution in [1.29, 1.82) is 0 Å². The number of benzene rings is 1. The van der Waals surface area contributed by atoms with Gasteiger partial charge in [0.05, 0.1) is 11.9 Å². The standard InChI is InChI=1S/C20H22N4O2S/c1-11-5-7-16(12(2)9-11)26-13(3)19(25)23-20-22-18-14-10-21-24(4)15(14)6-8-17(18)27-20/h5,7,9-10,13H,6,8H2,1-4H3,(H,22,23,25)/t13-/m1/s1. The molecule has 4 rings (SSSR count). The van der Waals surface area contributed by atoms with E-state index >= 15 is 0 Å². The highest BCUT2D eigenvalue weighted by molar-refractivity contribution is 7.16. The number of fused-ring (bicyclic) bond motifs is 3. The van der Waals surface area contributed by atoms with Gasteiger partial charge in [-0.1, -0.05) is 17.7 Å². The second-order valence-corrected chi connectivity index (χ2v) is 8.02. The quantitative estimate of drug-likeness (QED) is 0.748. The van der Waals surface area contributed by atoms with Crippen molar-refractivity contribution in [3.8, 4) is 17.0 Å². The van der Waals surface area contributed by atoms with E-state index < -0.39 is 6.10 Å². The molecule has 1 aliphatic rings. The van der Waals surface area contributed by atoms with Crippen LogP contribution in [-0.2, 0) is 24.7 Å². The van der Waals surface area contributed by atoms with Crippen LogP contribution in [0.3, 0.4) is 0 Å². The largest absolute Gasteiger partial charge is 0.481 e. The van der Waals surface area contributed by atoms with E-state index in [0.29, 0.717) is 5.13 Å². The Morgan fingerprint density at radius 2 is 2.15 bits per heavy atom. The van der Waals surface area contributed by atoms with E-state index in [2.05, 4.69) is 15.4 Å². The topological polar surface area (TPSA) is 69.0 Å². The predicted molar refractivity (Wildman–Crippen MR) is 106 cm³/mol. The Bertz CT molecular complexity index is 1020. The van der Waals surface area contributed by atoms with Crippen LogP contribution in [0.5, 0.6) is 5.75 Å². The van der Waals surface area contributed by atoms with Crippen LogP contribution in [0.4, 0.5) is 5.13 Å². The number of hydrogen-bond donors (Lipinski definition) is 1. The smallest absolute Gasteiger partial charge is 0.266 e. The average molecular weight is 382 g/mol.